The number of aliphatic carboxylic acids is 1. The number of thioether (sulfide) groups is 1. The van der Waals surface area contributed by atoms with Crippen molar-refractivity contribution in [2.75, 3.05) is 6.26 Å². The van der Waals surface area contributed by atoms with E-state index >= 15 is 0 Å². The number of rotatable bonds is 4. The second-order valence-electron chi connectivity index (χ2n) is 5.93. The molecule has 4 rings (SSSR count). The molecule has 6 heteroatoms. The molecule has 26 heavy (non-hydrogen) atoms. The van der Waals surface area contributed by atoms with Gasteiger partial charge in [0.05, 0.1) is 17.5 Å². The van der Waals surface area contributed by atoms with E-state index in [1.807, 2.05) is 34.9 Å². The zero-order chi connectivity index (χ0) is 18.3. The number of carboxylic acids is 1. The molecule has 1 N–H and O–H groups in total. The van der Waals surface area contributed by atoms with E-state index < -0.39 is 5.97 Å². The predicted molar refractivity (Wildman–Crippen MR) is 101 cm³/mol. The van der Waals surface area contributed by atoms with Crippen LogP contribution in [-0.4, -0.2) is 26.7 Å². The zero-order valence-electron chi connectivity index (χ0n) is 13.9. The van der Waals surface area contributed by atoms with Crippen LogP contribution in [0.15, 0.2) is 59.6 Å². The average Bonchev–Trinajstić information content (AvgIpc) is 2.94. The van der Waals surface area contributed by atoms with Crippen molar-refractivity contribution in [3.8, 4) is 11.4 Å². The van der Waals surface area contributed by atoms with Crippen LogP contribution in [0.5, 0.6) is 0 Å². The van der Waals surface area contributed by atoms with Crippen LogP contribution in [-0.2, 0) is 11.2 Å². The third-order valence-corrected chi connectivity index (χ3v) is 5.14. The summed E-state index contributed by atoms with van der Waals surface area (Å²) >= 11 is 1.66. The van der Waals surface area contributed by atoms with E-state index in [4.69, 9.17) is 0 Å². The fraction of sp³-hybridized carbons (Fsp3) is 0.100. The molecule has 4 nitrogen and oxygen atoms in total. The number of carboxylic acid groups (broad SMARTS) is 1. The predicted octanol–water partition coefficient (Wildman–Crippen LogP) is 4.64. The van der Waals surface area contributed by atoms with E-state index in [1.54, 1.807) is 30.1 Å². The molecule has 0 aliphatic carbocycles. The quantitative estimate of drug-likeness (QED) is 0.535. The largest absolute Gasteiger partial charge is 0.481 e. The Bertz CT molecular complexity index is 1140. The van der Waals surface area contributed by atoms with Gasteiger partial charge in [0.1, 0.15) is 11.6 Å². The Morgan fingerprint density at radius 2 is 1.92 bits per heavy atom. The summed E-state index contributed by atoms with van der Waals surface area (Å²) in [5, 5.41) is 9.90. The highest BCUT2D eigenvalue weighted by molar-refractivity contribution is 7.98. The lowest BCUT2D eigenvalue weighted by molar-refractivity contribution is -0.136. The van der Waals surface area contributed by atoms with Crippen LogP contribution in [0.25, 0.3) is 27.8 Å². The summed E-state index contributed by atoms with van der Waals surface area (Å²) in [5.41, 5.74) is 2.98. The van der Waals surface area contributed by atoms with Gasteiger partial charge in [-0.05, 0) is 48.2 Å². The Hall–Kier alpha value is -2.86. The molecule has 0 bridgehead atoms. The van der Waals surface area contributed by atoms with Gasteiger partial charge in [0.2, 0.25) is 0 Å². The van der Waals surface area contributed by atoms with Crippen molar-refractivity contribution >= 4 is 34.2 Å². The minimum Gasteiger partial charge on any atom is -0.481 e. The first-order valence-corrected chi connectivity index (χ1v) is 9.24. The summed E-state index contributed by atoms with van der Waals surface area (Å²) in [7, 11) is 0. The number of benzene rings is 2. The topological polar surface area (TPSA) is 54.6 Å². The van der Waals surface area contributed by atoms with Gasteiger partial charge in [-0.15, -0.1) is 11.8 Å². The number of aromatic nitrogens is 2. The molecule has 0 saturated carbocycles. The maximum atomic E-state index is 13.8. The monoisotopic (exact) mass is 366 g/mol. The van der Waals surface area contributed by atoms with Crippen LogP contribution >= 0.6 is 11.8 Å². The first-order valence-electron chi connectivity index (χ1n) is 8.02. The standard InChI is InChI=1S/C20H15FN2O2S/c1-26-14-5-2-12(3-6-14)20-22-9-8-18-16(11-19(24)25)15-10-13(21)4-7-17(15)23(18)20/h2-10H,11H2,1H3,(H,24,25). The SMILES string of the molecule is CSc1ccc(-c2nccc3c(CC(=O)O)c4cc(F)ccc4n23)cc1. The lowest BCUT2D eigenvalue weighted by Gasteiger charge is -2.07. The van der Waals surface area contributed by atoms with Crippen molar-refractivity contribution in [1.29, 1.82) is 0 Å². The van der Waals surface area contributed by atoms with Gasteiger partial charge in [0, 0.05) is 22.0 Å². The van der Waals surface area contributed by atoms with Crippen LogP contribution in [0, 0.1) is 5.82 Å². The Kier molecular flexibility index (Phi) is 4.12. The molecule has 2 aromatic carbocycles. The van der Waals surface area contributed by atoms with Gasteiger partial charge < -0.3 is 5.11 Å². The van der Waals surface area contributed by atoms with Crippen molar-refractivity contribution < 1.29 is 14.3 Å². The van der Waals surface area contributed by atoms with Gasteiger partial charge in [-0.2, -0.15) is 0 Å². The second kappa shape index (κ2) is 6.46. The number of hydrogen-bond donors (Lipinski definition) is 1. The van der Waals surface area contributed by atoms with Gasteiger partial charge in [0.25, 0.3) is 0 Å². The third-order valence-electron chi connectivity index (χ3n) is 4.39. The number of hydrogen-bond acceptors (Lipinski definition) is 3. The van der Waals surface area contributed by atoms with E-state index in [2.05, 4.69) is 4.98 Å². The van der Waals surface area contributed by atoms with Crippen molar-refractivity contribution in [3.63, 3.8) is 0 Å². The molecule has 0 aliphatic rings. The number of fused-ring (bicyclic) bond motifs is 3. The van der Waals surface area contributed by atoms with Crippen molar-refractivity contribution in [2.24, 2.45) is 0 Å². The number of carbonyl (C=O) groups is 1. The summed E-state index contributed by atoms with van der Waals surface area (Å²) < 4.78 is 15.7. The Morgan fingerprint density at radius 1 is 1.15 bits per heavy atom. The molecule has 130 valence electrons. The molecular formula is C20H15FN2O2S. The summed E-state index contributed by atoms with van der Waals surface area (Å²) in [6.07, 6.45) is 3.50. The molecule has 0 amide bonds. The van der Waals surface area contributed by atoms with Crippen molar-refractivity contribution in [3.05, 3.63) is 66.1 Å². The van der Waals surface area contributed by atoms with Crippen LogP contribution < -0.4 is 0 Å². The third kappa shape index (κ3) is 2.72. The molecule has 2 aromatic heterocycles. The Balaban J connectivity index is 2.06. The summed E-state index contributed by atoms with van der Waals surface area (Å²) in [6, 6.07) is 14.2. The minimum atomic E-state index is -0.952. The van der Waals surface area contributed by atoms with Gasteiger partial charge >= 0.3 is 5.97 Å². The minimum absolute atomic E-state index is 0.175. The van der Waals surface area contributed by atoms with Crippen LogP contribution in [0.2, 0.25) is 0 Å². The van der Waals surface area contributed by atoms with Gasteiger partial charge in [-0.3, -0.25) is 9.20 Å². The van der Waals surface area contributed by atoms with E-state index in [1.165, 1.54) is 12.1 Å². The molecule has 0 radical (unpaired) electrons. The number of halogens is 1. The van der Waals surface area contributed by atoms with Gasteiger partial charge in [0.15, 0.2) is 0 Å². The number of nitrogens with zero attached hydrogens (tertiary/aromatic N) is 2. The second-order valence-corrected chi connectivity index (χ2v) is 6.81. The smallest absolute Gasteiger partial charge is 0.307 e. The van der Waals surface area contributed by atoms with Crippen molar-refractivity contribution in [1.82, 2.24) is 9.38 Å². The molecule has 4 aromatic rings. The summed E-state index contributed by atoms with van der Waals surface area (Å²) in [5.74, 6) is -0.645. The summed E-state index contributed by atoms with van der Waals surface area (Å²) in [4.78, 5) is 17.0. The highest BCUT2D eigenvalue weighted by atomic mass is 32.2. The molecule has 0 spiro atoms. The van der Waals surface area contributed by atoms with Gasteiger partial charge in [-0.25, -0.2) is 9.37 Å². The first-order chi connectivity index (χ1) is 12.6. The lowest BCUT2D eigenvalue weighted by Crippen LogP contribution is -2.01. The molecule has 0 atom stereocenters. The van der Waals surface area contributed by atoms with E-state index in [9.17, 15) is 14.3 Å². The lowest BCUT2D eigenvalue weighted by atomic mass is 10.1. The van der Waals surface area contributed by atoms with E-state index in [0.717, 1.165) is 21.5 Å². The average molecular weight is 366 g/mol. The van der Waals surface area contributed by atoms with E-state index in [0.29, 0.717) is 16.8 Å². The Labute approximate surface area is 153 Å². The maximum absolute atomic E-state index is 13.8. The normalized spacial score (nSPS) is 11.3. The molecular weight excluding hydrogens is 351 g/mol. The molecule has 0 aliphatic heterocycles. The highest BCUT2D eigenvalue weighted by Gasteiger charge is 2.18. The van der Waals surface area contributed by atoms with Crippen LogP contribution in [0.4, 0.5) is 4.39 Å². The Morgan fingerprint density at radius 3 is 2.62 bits per heavy atom. The fourth-order valence-corrected chi connectivity index (χ4v) is 3.68. The van der Waals surface area contributed by atoms with Crippen LogP contribution in [0.1, 0.15) is 5.56 Å². The van der Waals surface area contributed by atoms with E-state index in [-0.39, 0.29) is 12.2 Å². The highest BCUT2D eigenvalue weighted by Crippen LogP contribution is 2.32. The van der Waals surface area contributed by atoms with Crippen molar-refractivity contribution in [2.45, 2.75) is 11.3 Å². The van der Waals surface area contributed by atoms with Gasteiger partial charge in [-0.1, -0.05) is 12.1 Å². The maximum Gasteiger partial charge on any atom is 0.307 e. The fourth-order valence-electron chi connectivity index (χ4n) is 3.27. The first kappa shape index (κ1) is 16.6. The molecule has 2 heterocycles. The zero-order valence-corrected chi connectivity index (χ0v) is 14.8. The molecule has 0 unspecified atom stereocenters. The molecule has 0 fully saturated rings. The summed E-state index contributed by atoms with van der Waals surface area (Å²) in [6.45, 7) is 0. The van der Waals surface area contributed by atoms with Crippen LogP contribution in [0.3, 0.4) is 0 Å². The molecule has 0 saturated heterocycles.